The van der Waals surface area contributed by atoms with Crippen molar-refractivity contribution >= 4 is 0 Å². The molecule has 1 aromatic rings. The van der Waals surface area contributed by atoms with E-state index in [0.717, 1.165) is 12.0 Å². The lowest BCUT2D eigenvalue weighted by Crippen LogP contribution is -2.32. The molecule has 0 amide bonds. The third kappa shape index (κ3) is 4.18. The summed E-state index contributed by atoms with van der Waals surface area (Å²) in [5.41, 5.74) is 3.72. The van der Waals surface area contributed by atoms with E-state index >= 15 is 0 Å². The third-order valence-electron chi connectivity index (χ3n) is 3.84. The molecule has 0 aliphatic rings. The Bertz CT molecular complexity index is 415. The van der Waals surface area contributed by atoms with Crippen molar-refractivity contribution in [1.29, 1.82) is 0 Å². The summed E-state index contributed by atoms with van der Waals surface area (Å²) in [5.74, 6) is 6.45. The van der Waals surface area contributed by atoms with Crippen LogP contribution >= 0.6 is 0 Å². The van der Waals surface area contributed by atoms with Gasteiger partial charge in [-0.3, -0.25) is 11.3 Å². The van der Waals surface area contributed by atoms with Crippen LogP contribution in [0.25, 0.3) is 0 Å². The SMILES string of the molecule is COc1ccc(F)cc1C(CC(C)C(C)(C)C)NN. The largest absolute Gasteiger partial charge is 0.496 e. The Morgan fingerprint density at radius 3 is 2.47 bits per heavy atom. The highest BCUT2D eigenvalue weighted by atomic mass is 19.1. The Labute approximate surface area is 115 Å². The van der Waals surface area contributed by atoms with Crippen LogP contribution < -0.4 is 16.0 Å². The van der Waals surface area contributed by atoms with Crippen molar-refractivity contribution in [2.24, 2.45) is 17.2 Å². The molecular formula is C15H25FN2O. The maximum Gasteiger partial charge on any atom is 0.123 e. The second-order valence-electron chi connectivity index (χ2n) is 6.11. The summed E-state index contributed by atoms with van der Waals surface area (Å²) in [7, 11) is 1.58. The van der Waals surface area contributed by atoms with Gasteiger partial charge in [0, 0.05) is 11.6 Å². The lowest BCUT2D eigenvalue weighted by Gasteiger charge is -2.31. The molecule has 1 aromatic carbocycles. The van der Waals surface area contributed by atoms with E-state index in [9.17, 15) is 4.39 Å². The molecule has 3 nitrogen and oxygen atoms in total. The van der Waals surface area contributed by atoms with Gasteiger partial charge in [-0.1, -0.05) is 27.7 Å². The summed E-state index contributed by atoms with van der Waals surface area (Å²) in [5, 5.41) is 0. The molecule has 3 N–H and O–H groups in total. The number of benzene rings is 1. The molecule has 0 fully saturated rings. The monoisotopic (exact) mass is 268 g/mol. The van der Waals surface area contributed by atoms with Crippen molar-refractivity contribution in [3.8, 4) is 5.75 Å². The highest BCUT2D eigenvalue weighted by molar-refractivity contribution is 5.36. The Balaban J connectivity index is 3.00. The van der Waals surface area contributed by atoms with Crippen LogP contribution in [0.5, 0.6) is 5.75 Å². The maximum absolute atomic E-state index is 13.4. The number of hydrogen-bond donors (Lipinski definition) is 2. The molecule has 4 heteroatoms. The van der Waals surface area contributed by atoms with E-state index in [1.54, 1.807) is 13.2 Å². The molecule has 0 radical (unpaired) electrons. The van der Waals surface area contributed by atoms with Gasteiger partial charge < -0.3 is 4.74 Å². The zero-order valence-electron chi connectivity index (χ0n) is 12.5. The van der Waals surface area contributed by atoms with Gasteiger partial charge in [0.25, 0.3) is 0 Å². The van der Waals surface area contributed by atoms with Gasteiger partial charge in [-0.25, -0.2) is 4.39 Å². The fourth-order valence-corrected chi connectivity index (χ4v) is 1.97. The maximum atomic E-state index is 13.4. The summed E-state index contributed by atoms with van der Waals surface area (Å²) in [6.45, 7) is 8.74. The lowest BCUT2D eigenvalue weighted by molar-refractivity contribution is 0.222. The summed E-state index contributed by atoms with van der Waals surface area (Å²) >= 11 is 0. The van der Waals surface area contributed by atoms with E-state index in [0.29, 0.717) is 11.7 Å². The van der Waals surface area contributed by atoms with Crippen molar-refractivity contribution in [2.45, 2.75) is 40.2 Å². The van der Waals surface area contributed by atoms with Gasteiger partial charge in [0.2, 0.25) is 0 Å². The molecule has 0 saturated carbocycles. The van der Waals surface area contributed by atoms with Crippen molar-refractivity contribution in [2.75, 3.05) is 7.11 Å². The van der Waals surface area contributed by atoms with E-state index in [-0.39, 0.29) is 17.3 Å². The molecular weight excluding hydrogens is 243 g/mol. The number of ether oxygens (including phenoxy) is 1. The fraction of sp³-hybridized carbons (Fsp3) is 0.600. The molecule has 19 heavy (non-hydrogen) atoms. The van der Waals surface area contributed by atoms with Crippen LogP contribution in [0.4, 0.5) is 4.39 Å². The lowest BCUT2D eigenvalue weighted by atomic mass is 9.77. The second-order valence-corrected chi connectivity index (χ2v) is 6.11. The first-order valence-corrected chi connectivity index (χ1v) is 6.59. The summed E-state index contributed by atoms with van der Waals surface area (Å²) < 4.78 is 18.7. The van der Waals surface area contributed by atoms with Crippen LogP contribution in [0.3, 0.4) is 0 Å². The van der Waals surface area contributed by atoms with Gasteiger partial charge in [-0.2, -0.15) is 0 Å². The molecule has 2 unspecified atom stereocenters. The van der Waals surface area contributed by atoms with E-state index in [1.807, 2.05) is 0 Å². The molecule has 0 saturated heterocycles. The average Bonchev–Trinajstić information content (AvgIpc) is 2.34. The number of hydrazine groups is 1. The first-order chi connectivity index (χ1) is 8.79. The van der Waals surface area contributed by atoms with Gasteiger partial charge in [-0.05, 0) is 36.0 Å². The van der Waals surface area contributed by atoms with Gasteiger partial charge in [0.15, 0.2) is 0 Å². The fourth-order valence-electron chi connectivity index (χ4n) is 1.97. The van der Waals surface area contributed by atoms with Gasteiger partial charge in [0.05, 0.1) is 7.11 Å². The van der Waals surface area contributed by atoms with Crippen molar-refractivity contribution in [1.82, 2.24) is 5.43 Å². The molecule has 2 atom stereocenters. The highest BCUT2D eigenvalue weighted by Crippen LogP contribution is 2.35. The standard InChI is InChI=1S/C15H25FN2O/c1-10(15(2,3)4)8-13(18-17)12-9-11(16)6-7-14(12)19-5/h6-7,9-10,13,18H,8,17H2,1-5H3. The van der Waals surface area contributed by atoms with E-state index in [1.165, 1.54) is 12.1 Å². The number of halogens is 1. The molecule has 0 aliphatic heterocycles. The molecule has 0 spiro atoms. The van der Waals surface area contributed by atoms with Gasteiger partial charge in [0.1, 0.15) is 11.6 Å². The molecule has 1 rings (SSSR count). The Morgan fingerprint density at radius 1 is 1.37 bits per heavy atom. The van der Waals surface area contributed by atoms with E-state index in [2.05, 4.69) is 33.1 Å². The third-order valence-corrected chi connectivity index (χ3v) is 3.84. The van der Waals surface area contributed by atoms with Crippen molar-refractivity contribution < 1.29 is 9.13 Å². The van der Waals surface area contributed by atoms with Crippen molar-refractivity contribution in [3.63, 3.8) is 0 Å². The van der Waals surface area contributed by atoms with Crippen LogP contribution in [0, 0.1) is 17.2 Å². The Kier molecular flexibility index (Phi) is 5.32. The molecule has 0 aromatic heterocycles. The number of methoxy groups -OCH3 is 1. The predicted molar refractivity (Wildman–Crippen MR) is 76.3 cm³/mol. The summed E-state index contributed by atoms with van der Waals surface area (Å²) in [4.78, 5) is 0. The average molecular weight is 268 g/mol. The first-order valence-electron chi connectivity index (χ1n) is 6.59. The minimum atomic E-state index is -0.278. The summed E-state index contributed by atoms with van der Waals surface area (Å²) in [6.07, 6.45) is 0.819. The number of rotatable bonds is 5. The van der Waals surface area contributed by atoms with Crippen LogP contribution in [-0.2, 0) is 0 Å². The van der Waals surface area contributed by atoms with E-state index < -0.39 is 0 Å². The van der Waals surface area contributed by atoms with Gasteiger partial charge in [-0.15, -0.1) is 0 Å². The second kappa shape index (κ2) is 6.35. The Morgan fingerprint density at radius 2 is 2.00 bits per heavy atom. The molecule has 108 valence electrons. The molecule has 0 aliphatic carbocycles. The van der Waals surface area contributed by atoms with Crippen LogP contribution in [-0.4, -0.2) is 7.11 Å². The topological polar surface area (TPSA) is 47.3 Å². The smallest absolute Gasteiger partial charge is 0.123 e. The predicted octanol–water partition coefficient (Wildman–Crippen LogP) is 3.41. The van der Waals surface area contributed by atoms with Crippen molar-refractivity contribution in [3.05, 3.63) is 29.6 Å². The van der Waals surface area contributed by atoms with Crippen LogP contribution in [0.2, 0.25) is 0 Å². The number of nitrogens with one attached hydrogen (secondary N) is 1. The zero-order valence-corrected chi connectivity index (χ0v) is 12.5. The highest BCUT2D eigenvalue weighted by Gasteiger charge is 2.25. The minimum Gasteiger partial charge on any atom is -0.496 e. The minimum absolute atomic E-state index is 0.125. The summed E-state index contributed by atoms with van der Waals surface area (Å²) in [6, 6.07) is 4.39. The molecule has 0 bridgehead atoms. The number of hydrogen-bond acceptors (Lipinski definition) is 3. The normalized spacial score (nSPS) is 15.1. The molecule has 0 heterocycles. The van der Waals surface area contributed by atoms with Crippen LogP contribution in [0.1, 0.15) is 45.7 Å². The van der Waals surface area contributed by atoms with Crippen LogP contribution in [0.15, 0.2) is 18.2 Å². The first kappa shape index (κ1) is 15.9. The van der Waals surface area contributed by atoms with Gasteiger partial charge >= 0.3 is 0 Å². The zero-order chi connectivity index (χ0) is 14.6. The number of nitrogens with two attached hydrogens (primary N) is 1. The Hall–Kier alpha value is -1.13. The quantitative estimate of drug-likeness (QED) is 0.635. The van der Waals surface area contributed by atoms with E-state index in [4.69, 9.17) is 10.6 Å².